The molecule has 3 N–H and O–H groups in total. The Balaban J connectivity index is 2.05. The van der Waals surface area contributed by atoms with Crippen LogP contribution in [-0.2, 0) is 20.7 Å². The average Bonchev–Trinajstić information content (AvgIpc) is 2.93. The minimum absolute atomic E-state index is 0.0117. The van der Waals surface area contributed by atoms with Gasteiger partial charge in [0, 0.05) is 23.7 Å². The molecule has 3 rings (SSSR count). The normalized spacial score (nSPS) is 12.2. The van der Waals surface area contributed by atoms with E-state index in [1.807, 2.05) is 32.0 Å². The third-order valence-corrected chi connectivity index (χ3v) is 6.37. The molecule has 0 saturated heterocycles. The third-order valence-electron chi connectivity index (χ3n) is 6.37. The number of nitrogens with zero attached hydrogens (tertiary/aromatic N) is 1. The number of nitrogens with one attached hydrogen (secondary N) is 2. The molecule has 42 heavy (non-hydrogen) atoms. The molecule has 0 aliphatic heterocycles. The molecule has 0 radical (unpaired) electrons. The maximum absolute atomic E-state index is 14.1. The highest BCUT2D eigenvalue weighted by Gasteiger charge is 2.36. The molecule has 3 aromatic rings. The summed E-state index contributed by atoms with van der Waals surface area (Å²) < 4.78 is 5.40. The van der Waals surface area contributed by atoms with Gasteiger partial charge in [0.25, 0.3) is 11.8 Å². The van der Waals surface area contributed by atoms with E-state index < -0.39 is 35.6 Å². The number of rotatable bonds is 8. The monoisotopic (exact) mass is 565 g/mol. The van der Waals surface area contributed by atoms with E-state index in [-0.39, 0.29) is 12.2 Å². The average molecular weight is 566 g/mol. The van der Waals surface area contributed by atoms with Crippen LogP contribution in [0.15, 0.2) is 66.7 Å². The first-order valence-electron chi connectivity index (χ1n) is 13.3. The lowest BCUT2D eigenvalue weighted by molar-refractivity contribution is -0.136. The summed E-state index contributed by atoms with van der Waals surface area (Å²) in [6, 6.07) is 18.3. The number of carbonyl (C=O) groups is 3. The molecule has 0 fully saturated rings. The Morgan fingerprint density at radius 1 is 0.952 bits per heavy atom. The number of hydrogen-bond donors (Lipinski definition) is 3. The van der Waals surface area contributed by atoms with Gasteiger partial charge in [-0.2, -0.15) is 0 Å². The zero-order valence-electron chi connectivity index (χ0n) is 24.4. The van der Waals surface area contributed by atoms with E-state index in [0.29, 0.717) is 22.4 Å². The van der Waals surface area contributed by atoms with Crippen LogP contribution in [0.4, 0.5) is 10.5 Å². The number of benzene rings is 3. The topological polar surface area (TPSA) is 108 Å². The largest absolute Gasteiger partial charge is 0.508 e. The molecule has 216 valence electrons. The second-order valence-electron chi connectivity index (χ2n) is 10.8. The number of aryl methyl sites for hydroxylation is 2. The van der Waals surface area contributed by atoms with E-state index in [1.54, 1.807) is 57.2 Å². The fourth-order valence-corrected chi connectivity index (χ4v) is 4.33. The van der Waals surface area contributed by atoms with Crippen LogP contribution in [0.2, 0.25) is 0 Å². The Hall–Kier alpha value is -5.21. The van der Waals surface area contributed by atoms with Crippen molar-refractivity contribution in [1.82, 2.24) is 10.2 Å². The van der Waals surface area contributed by atoms with Crippen molar-refractivity contribution in [3.8, 4) is 30.6 Å². The predicted octanol–water partition coefficient (Wildman–Crippen LogP) is 5.23. The van der Waals surface area contributed by atoms with E-state index >= 15 is 0 Å². The first-order chi connectivity index (χ1) is 19.8. The van der Waals surface area contributed by atoms with Crippen LogP contribution < -0.4 is 10.6 Å². The molecule has 0 aromatic heterocycles. The number of para-hydroxylation sites is 1. The van der Waals surface area contributed by atoms with Crippen molar-refractivity contribution in [3.05, 3.63) is 94.5 Å². The van der Waals surface area contributed by atoms with E-state index in [1.165, 1.54) is 12.1 Å². The summed E-state index contributed by atoms with van der Waals surface area (Å²) in [7, 11) is 0. The second kappa shape index (κ2) is 13.4. The Morgan fingerprint density at radius 2 is 1.55 bits per heavy atom. The van der Waals surface area contributed by atoms with Gasteiger partial charge in [-0.25, -0.2) is 4.79 Å². The maximum atomic E-state index is 14.1. The number of anilines is 1. The van der Waals surface area contributed by atoms with Crippen molar-refractivity contribution in [3.63, 3.8) is 0 Å². The van der Waals surface area contributed by atoms with Crippen LogP contribution in [0.5, 0.6) is 5.75 Å². The SMILES string of the molecule is C#Cc1ccc(C(C(=O)Nc2c(C)cccc2C)N(C#C)C(=O)C(Cc2ccc(O)cc2)NC(=O)OC(C)(C)C)cc1. The molecule has 3 aromatic carbocycles. The number of phenolic OH excluding ortho intramolecular Hbond substituents is 1. The Labute approximate surface area is 247 Å². The number of terminal acetylenes is 2. The lowest BCUT2D eigenvalue weighted by Crippen LogP contribution is -2.51. The van der Waals surface area contributed by atoms with Gasteiger partial charge in [0.2, 0.25) is 0 Å². The van der Waals surface area contributed by atoms with E-state index in [9.17, 15) is 19.5 Å². The molecule has 0 saturated carbocycles. The summed E-state index contributed by atoms with van der Waals surface area (Å²) in [6.07, 6.45) is 10.6. The highest BCUT2D eigenvalue weighted by molar-refractivity contribution is 6.00. The number of amides is 3. The molecule has 0 bridgehead atoms. The summed E-state index contributed by atoms with van der Waals surface area (Å²) in [5, 5.41) is 15.3. The van der Waals surface area contributed by atoms with Gasteiger partial charge in [0.1, 0.15) is 23.4 Å². The van der Waals surface area contributed by atoms with Gasteiger partial charge in [0.05, 0.1) is 0 Å². The Morgan fingerprint density at radius 3 is 2.07 bits per heavy atom. The van der Waals surface area contributed by atoms with Gasteiger partial charge in [-0.15, -0.1) is 6.42 Å². The Kier molecular flexibility index (Phi) is 10.0. The maximum Gasteiger partial charge on any atom is 0.408 e. The number of alkyl carbamates (subject to hydrolysis) is 1. The lowest BCUT2D eigenvalue weighted by atomic mass is 9.99. The predicted molar refractivity (Wildman–Crippen MR) is 162 cm³/mol. The molecule has 0 spiro atoms. The van der Waals surface area contributed by atoms with Crippen LogP contribution in [0.1, 0.15) is 54.6 Å². The number of ether oxygens (including phenoxy) is 1. The molecule has 2 atom stereocenters. The minimum Gasteiger partial charge on any atom is -0.508 e. The van der Waals surface area contributed by atoms with E-state index in [2.05, 4.69) is 22.6 Å². The summed E-state index contributed by atoms with van der Waals surface area (Å²) in [4.78, 5) is 41.8. The lowest BCUT2D eigenvalue weighted by Gasteiger charge is -2.31. The molecule has 3 amide bonds. The number of aromatic hydroxyl groups is 1. The van der Waals surface area contributed by atoms with Gasteiger partial charge < -0.3 is 20.5 Å². The molecule has 0 heterocycles. The number of hydrogen-bond acceptors (Lipinski definition) is 5. The van der Waals surface area contributed by atoms with Gasteiger partial charge >= 0.3 is 6.09 Å². The third kappa shape index (κ3) is 8.16. The van der Waals surface area contributed by atoms with E-state index in [4.69, 9.17) is 17.6 Å². The molecule has 8 nitrogen and oxygen atoms in total. The van der Waals surface area contributed by atoms with E-state index in [0.717, 1.165) is 16.0 Å². The minimum atomic E-state index is -1.27. The van der Waals surface area contributed by atoms with Crippen LogP contribution in [0.25, 0.3) is 0 Å². The fourth-order valence-electron chi connectivity index (χ4n) is 4.33. The molecular weight excluding hydrogens is 530 g/mol. The van der Waals surface area contributed by atoms with Gasteiger partial charge in [0.15, 0.2) is 0 Å². The first-order valence-corrected chi connectivity index (χ1v) is 13.3. The molecule has 2 unspecified atom stereocenters. The second-order valence-corrected chi connectivity index (χ2v) is 10.8. The molecule has 0 aliphatic rings. The van der Waals surface area contributed by atoms with Gasteiger partial charge in [-0.3, -0.25) is 14.5 Å². The summed E-state index contributed by atoms with van der Waals surface area (Å²) in [5.41, 5.74) is 3.08. The van der Waals surface area contributed by atoms with Crippen molar-refractivity contribution in [1.29, 1.82) is 0 Å². The van der Waals surface area contributed by atoms with Crippen molar-refractivity contribution in [2.24, 2.45) is 0 Å². The standard InChI is InChI=1S/C34H35N3O5/c1-8-24-13-17-26(18-14-24)30(31(39)36-29-22(3)11-10-12-23(29)4)37(9-2)32(40)28(35-33(41)42-34(5,6)7)21-25-15-19-27(38)20-16-25/h1-2,10-20,28,30,38H,21H2,3-7H3,(H,35,41)(H,36,39). The van der Waals surface area contributed by atoms with Crippen LogP contribution in [0.3, 0.4) is 0 Å². The van der Waals surface area contributed by atoms with Gasteiger partial charge in [-0.1, -0.05) is 54.8 Å². The summed E-state index contributed by atoms with van der Waals surface area (Å²) in [6.45, 7) is 8.82. The Bertz CT molecular complexity index is 1500. The number of carbonyl (C=O) groups excluding carboxylic acids is 3. The smallest absolute Gasteiger partial charge is 0.408 e. The van der Waals surface area contributed by atoms with Gasteiger partial charge in [-0.05, 0) is 81.1 Å². The first kappa shape index (κ1) is 31.3. The van der Waals surface area contributed by atoms with Crippen molar-refractivity contribution in [2.75, 3.05) is 5.32 Å². The van der Waals surface area contributed by atoms with Crippen molar-refractivity contribution in [2.45, 2.75) is 58.7 Å². The van der Waals surface area contributed by atoms with Crippen molar-refractivity contribution >= 4 is 23.6 Å². The highest BCUT2D eigenvalue weighted by atomic mass is 16.6. The summed E-state index contributed by atoms with van der Waals surface area (Å²) >= 11 is 0. The highest BCUT2D eigenvalue weighted by Crippen LogP contribution is 2.27. The van der Waals surface area contributed by atoms with Crippen LogP contribution >= 0.6 is 0 Å². The van der Waals surface area contributed by atoms with Crippen LogP contribution in [0, 0.1) is 38.7 Å². The zero-order chi connectivity index (χ0) is 31.0. The fraction of sp³-hybridized carbons (Fsp3) is 0.265. The zero-order valence-corrected chi connectivity index (χ0v) is 24.4. The quantitative estimate of drug-likeness (QED) is 0.256. The number of phenols is 1. The molecule has 0 aliphatic carbocycles. The molecule has 8 heteroatoms. The van der Waals surface area contributed by atoms with Crippen molar-refractivity contribution < 1.29 is 24.2 Å². The summed E-state index contributed by atoms with van der Waals surface area (Å²) in [5.74, 6) is 1.32. The van der Waals surface area contributed by atoms with Crippen LogP contribution in [-0.4, -0.2) is 39.6 Å². The molecular formula is C34H35N3O5.